The van der Waals surface area contributed by atoms with Gasteiger partial charge in [0, 0.05) is 6.42 Å². The van der Waals surface area contributed by atoms with Crippen molar-refractivity contribution in [3.63, 3.8) is 0 Å². The molecular weight excluding hydrogens is 991 g/mol. The molecule has 0 radical (unpaired) electrons. The van der Waals surface area contributed by atoms with E-state index in [0.717, 1.165) is 64.2 Å². The molecule has 2 aliphatic heterocycles. The lowest BCUT2D eigenvalue weighted by Gasteiger charge is -2.46. The van der Waals surface area contributed by atoms with Crippen LogP contribution < -0.4 is 5.32 Å². The van der Waals surface area contributed by atoms with E-state index in [-0.39, 0.29) is 12.5 Å². The minimum Gasteiger partial charge on any atom is -0.394 e. The maximum Gasteiger partial charge on any atom is 0.220 e. The summed E-state index contributed by atoms with van der Waals surface area (Å²) < 4.78 is 22.7. The number of amides is 1. The van der Waals surface area contributed by atoms with Gasteiger partial charge < -0.3 is 65.1 Å². The summed E-state index contributed by atoms with van der Waals surface area (Å²) in [6.45, 7) is 2.76. The Balaban J connectivity index is 1.45. The van der Waals surface area contributed by atoms with Crippen LogP contribution in [0.15, 0.2) is 24.3 Å². The Labute approximate surface area is 475 Å². The fourth-order valence-electron chi connectivity index (χ4n) is 10.9. The van der Waals surface area contributed by atoms with Crippen molar-refractivity contribution >= 4 is 5.91 Å². The average Bonchev–Trinajstić information content (AvgIpc) is 3.47. The van der Waals surface area contributed by atoms with Crippen molar-refractivity contribution in [2.75, 3.05) is 19.8 Å². The van der Waals surface area contributed by atoms with Crippen molar-refractivity contribution in [2.24, 2.45) is 0 Å². The zero-order valence-electron chi connectivity index (χ0n) is 49.7. The third-order valence-electron chi connectivity index (χ3n) is 16.2. The highest BCUT2D eigenvalue weighted by Crippen LogP contribution is 2.30. The minimum absolute atomic E-state index is 0.209. The van der Waals surface area contributed by atoms with Crippen LogP contribution in [0.25, 0.3) is 0 Å². The van der Waals surface area contributed by atoms with Crippen molar-refractivity contribution in [3.8, 4) is 0 Å². The molecule has 0 aromatic carbocycles. The molecule has 0 aliphatic carbocycles. The Hall–Kier alpha value is -1.53. The second-order valence-electron chi connectivity index (χ2n) is 23.2. The van der Waals surface area contributed by atoms with Crippen LogP contribution in [0, 0.1) is 0 Å². The molecule has 0 saturated carbocycles. The summed E-state index contributed by atoms with van der Waals surface area (Å²) in [5, 5.41) is 86.6. The number of allylic oxidation sites excluding steroid dienone is 4. The summed E-state index contributed by atoms with van der Waals surface area (Å²) in [6.07, 6.45) is 44.5. The first-order valence-electron chi connectivity index (χ1n) is 32.6. The van der Waals surface area contributed by atoms with Crippen molar-refractivity contribution < 1.29 is 64.6 Å². The quantitative estimate of drug-likeness (QED) is 0.0204. The molecule has 460 valence electrons. The third kappa shape index (κ3) is 34.8. The standard InChI is InChI=1S/C64H121NO13/c1-3-5-7-9-10-11-12-13-14-15-16-17-18-19-20-21-22-23-24-25-26-27-28-29-30-31-32-33-34-35-36-37-38-39-40-41-42-44-46-48-56(69)65-52(53(68)47-45-43-8-6-4-2)51-75-63-61(74)59(72)62(55(50-67)77-63)78-64-60(73)58(71)57(70)54(49-66)76-64/h12-13,15-16,52-55,57-64,66-68,70-74H,3-11,14,17-51H2,1-2H3,(H,65,69)/b13-12-,16-15-. The minimum atomic E-state index is -1.78. The number of unbranched alkanes of at least 4 members (excludes halogenated alkanes) is 36. The van der Waals surface area contributed by atoms with E-state index >= 15 is 0 Å². The van der Waals surface area contributed by atoms with Crippen molar-refractivity contribution in [1.82, 2.24) is 5.32 Å². The smallest absolute Gasteiger partial charge is 0.220 e. The maximum absolute atomic E-state index is 13.1. The highest BCUT2D eigenvalue weighted by atomic mass is 16.7. The molecule has 78 heavy (non-hydrogen) atoms. The lowest BCUT2D eigenvalue weighted by atomic mass is 9.97. The number of carbonyl (C=O) groups is 1. The lowest BCUT2D eigenvalue weighted by molar-refractivity contribution is -0.359. The molecule has 2 saturated heterocycles. The summed E-state index contributed by atoms with van der Waals surface area (Å²) in [7, 11) is 0. The molecule has 2 heterocycles. The molecular formula is C64H121NO13. The third-order valence-corrected chi connectivity index (χ3v) is 16.2. The van der Waals surface area contributed by atoms with Crippen LogP contribution >= 0.6 is 0 Å². The molecule has 2 aliphatic rings. The summed E-state index contributed by atoms with van der Waals surface area (Å²) in [4.78, 5) is 13.1. The molecule has 0 bridgehead atoms. The van der Waals surface area contributed by atoms with Crippen LogP contribution in [-0.4, -0.2) is 140 Å². The number of hydrogen-bond acceptors (Lipinski definition) is 13. The first-order chi connectivity index (χ1) is 38.1. The number of carbonyl (C=O) groups excluding carboxylic acids is 1. The molecule has 14 heteroatoms. The number of nitrogens with one attached hydrogen (secondary N) is 1. The largest absolute Gasteiger partial charge is 0.394 e. The van der Waals surface area contributed by atoms with Crippen LogP contribution in [0.5, 0.6) is 0 Å². The van der Waals surface area contributed by atoms with Gasteiger partial charge in [-0.3, -0.25) is 4.79 Å². The number of hydrogen-bond donors (Lipinski definition) is 9. The molecule has 12 unspecified atom stereocenters. The van der Waals surface area contributed by atoms with Gasteiger partial charge in [-0.2, -0.15) is 0 Å². The summed E-state index contributed by atoms with van der Waals surface area (Å²) in [6, 6.07) is -0.821. The molecule has 14 nitrogen and oxygen atoms in total. The van der Waals surface area contributed by atoms with E-state index in [0.29, 0.717) is 12.8 Å². The van der Waals surface area contributed by atoms with Gasteiger partial charge in [0.25, 0.3) is 0 Å². The number of aliphatic hydroxyl groups excluding tert-OH is 8. The molecule has 2 rings (SSSR count). The van der Waals surface area contributed by atoms with Crippen LogP contribution in [0.2, 0.25) is 0 Å². The van der Waals surface area contributed by atoms with Gasteiger partial charge in [0.15, 0.2) is 12.6 Å². The fourth-order valence-corrected chi connectivity index (χ4v) is 10.9. The van der Waals surface area contributed by atoms with E-state index in [1.54, 1.807) is 0 Å². The Kier molecular flexibility index (Phi) is 46.5. The van der Waals surface area contributed by atoms with Crippen LogP contribution in [0.1, 0.15) is 284 Å². The lowest BCUT2D eigenvalue weighted by Crippen LogP contribution is -2.65. The highest BCUT2D eigenvalue weighted by molar-refractivity contribution is 5.76. The van der Waals surface area contributed by atoms with Crippen LogP contribution in [0.3, 0.4) is 0 Å². The first kappa shape index (κ1) is 72.6. The van der Waals surface area contributed by atoms with E-state index < -0.39 is 86.8 Å². The summed E-state index contributed by atoms with van der Waals surface area (Å²) >= 11 is 0. The Bertz CT molecular complexity index is 1400. The summed E-state index contributed by atoms with van der Waals surface area (Å²) in [5.41, 5.74) is 0. The zero-order valence-corrected chi connectivity index (χ0v) is 49.7. The normalized spacial score (nSPS) is 24.6. The number of ether oxygens (including phenoxy) is 4. The molecule has 0 spiro atoms. The van der Waals surface area contributed by atoms with Gasteiger partial charge in [-0.1, -0.05) is 256 Å². The fraction of sp³-hybridized carbons (Fsp3) is 0.922. The molecule has 0 aromatic rings. The van der Waals surface area contributed by atoms with Crippen LogP contribution in [-0.2, 0) is 23.7 Å². The maximum atomic E-state index is 13.1. The molecule has 2 fully saturated rings. The highest BCUT2D eigenvalue weighted by Gasteiger charge is 2.51. The van der Waals surface area contributed by atoms with E-state index in [1.165, 1.54) is 193 Å². The van der Waals surface area contributed by atoms with E-state index in [4.69, 9.17) is 18.9 Å². The first-order valence-corrected chi connectivity index (χ1v) is 32.6. The number of aliphatic hydroxyl groups is 8. The second kappa shape index (κ2) is 50.0. The van der Waals surface area contributed by atoms with Gasteiger partial charge in [0.1, 0.15) is 48.8 Å². The predicted octanol–water partition coefficient (Wildman–Crippen LogP) is 12.0. The Morgan fingerprint density at radius 2 is 0.846 bits per heavy atom. The summed E-state index contributed by atoms with van der Waals surface area (Å²) in [5.74, 6) is -0.209. The molecule has 12 atom stereocenters. The van der Waals surface area contributed by atoms with Crippen LogP contribution in [0.4, 0.5) is 0 Å². The van der Waals surface area contributed by atoms with Gasteiger partial charge in [-0.25, -0.2) is 0 Å². The molecule has 0 aromatic heterocycles. The molecule has 1 amide bonds. The van der Waals surface area contributed by atoms with E-state index in [9.17, 15) is 45.6 Å². The Morgan fingerprint density at radius 1 is 0.462 bits per heavy atom. The van der Waals surface area contributed by atoms with Gasteiger partial charge >= 0.3 is 0 Å². The van der Waals surface area contributed by atoms with Gasteiger partial charge in [-0.15, -0.1) is 0 Å². The van der Waals surface area contributed by atoms with Gasteiger partial charge in [0.2, 0.25) is 5.91 Å². The zero-order chi connectivity index (χ0) is 56.7. The van der Waals surface area contributed by atoms with E-state index in [2.05, 4.69) is 43.5 Å². The monoisotopic (exact) mass is 1110 g/mol. The molecule has 9 N–H and O–H groups in total. The van der Waals surface area contributed by atoms with Gasteiger partial charge in [-0.05, 0) is 44.9 Å². The van der Waals surface area contributed by atoms with Crippen molar-refractivity contribution in [2.45, 2.75) is 357 Å². The Morgan fingerprint density at radius 3 is 1.28 bits per heavy atom. The topological polar surface area (TPSA) is 228 Å². The average molecular weight is 1110 g/mol. The number of rotatable bonds is 53. The van der Waals surface area contributed by atoms with Gasteiger partial charge in [0.05, 0.1) is 32.0 Å². The second-order valence-corrected chi connectivity index (χ2v) is 23.2. The van der Waals surface area contributed by atoms with E-state index in [1.807, 2.05) is 0 Å². The SMILES string of the molecule is CCCCCCC/C=C\C/C=C\CCCCCCCCCCCCCCCCCCCCCCCCCCCCCC(=O)NC(COC1OC(CO)C(OC2OC(CO)C(O)C(O)C2O)C(O)C1O)C(O)CCCCCCC. The van der Waals surface area contributed by atoms with Crippen molar-refractivity contribution in [3.05, 3.63) is 24.3 Å². The predicted molar refractivity (Wildman–Crippen MR) is 314 cm³/mol. The van der Waals surface area contributed by atoms with Crippen molar-refractivity contribution in [1.29, 1.82) is 0 Å².